The number of thiol groups is 1. The summed E-state index contributed by atoms with van der Waals surface area (Å²) in [6, 6.07) is 60.9. The molecule has 11 rings (SSSR count). The van der Waals surface area contributed by atoms with Gasteiger partial charge in [-0.2, -0.15) is 0 Å². The standard InChI is InChI=1S/C50H34N4S/c1-2-31-22-26-41-47(49(31)55)48(33-14-5-3-6-15-33)52-50(51-41)54-43-27-24-34(29-40(43)46-37-18-10-9-13-32(37)23-28-44(46)54)35-21-25-39-38-19-11-12-20-42(38)53(45(39)30-35)36-16-7-4-8-17-36/h3-30,55H,2H2,1H3. The van der Waals surface area contributed by atoms with Crippen molar-refractivity contribution in [3.63, 3.8) is 0 Å². The van der Waals surface area contributed by atoms with Crippen molar-refractivity contribution in [3.8, 4) is 34.0 Å². The fourth-order valence-electron chi connectivity index (χ4n) is 8.62. The molecule has 0 fully saturated rings. The van der Waals surface area contributed by atoms with Gasteiger partial charge in [-0.3, -0.25) is 4.57 Å². The van der Waals surface area contributed by atoms with E-state index in [9.17, 15) is 0 Å². The zero-order chi connectivity index (χ0) is 36.6. The topological polar surface area (TPSA) is 35.6 Å². The third-order valence-corrected chi connectivity index (χ3v) is 11.7. The molecule has 5 heteroatoms. The number of aromatic nitrogens is 4. The van der Waals surface area contributed by atoms with Crippen LogP contribution in [0.4, 0.5) is 0 Å². The van der Waals surface area contributed by atoms with Gasteiger partial charge in [0.25, 0.3) is 0 Å². The minimum atomic E-state index is 0.639. The highest BCUT2D eigenvalue weighted by molar-refractivity contribution is 7.80. The van der Waals surface area contributed by atoms with Gasteiger partial charge < -0.3 is 4.57 Å². The zero-order valence-corrected chi connectivity index (χ0v) is 31.0. The Kier molecular flexibility index (Phi) is 7.19. The van der Waals surface area contributed by atoms with Gasteiger partial charge in [0.05, 0.1) is 33.3 Å². The van der Waals surface area contributed by atoms with E-state index in [1.54, 1.807) is 0 Å². The number of aryl methyl sites for hydroxylation is 1. The Bertz CT molecular complexity index is 3310. The van der Waals surface area contributed by atoms with Crippen LogP contribution in [0.3, 0.4) is 0 Å². The molecule has 11 aromatic rings. The summed E-state index contributed by atoms with van der Waals surface area (Å²) in [5.74, 6) is 0.639. The molecule has 0 saturated heterocycles. The molecule has 55 heavy (non-hydrogen) atoms. The first-order chi connectivity index (χ1) is 27.2. The summed E-state index contributed by atoms with van der Waals surface area (Å²) >= 11 is 5.05. The van der Waals surface area contributed by atoms with E-state index >= 15 is 0 Å². The van der Waals surface area contributed by atoms with Crippen LogP contribution < -0.4 is 0 Å². The summed E-state index contributed by atoms with van der Waals surface area (Å²) in [6.07, 6.45) is 0.883. The molecule has 0 amide bonds. The Morgan fingerprint density at radius 3 is 1.98 bits per heavy atom. The lowest BCUT2D eigenvalue weighted by Gasteiger charge is -2.15. The summed E-state index contributed by atoms with van der Waals surface area (Å²) in [5.41, 5.74) is 12.0. The molecule has 4 nitrogen and oxygen atoms in total. The van der Waals surface area contributed by atoms with E-state index in [-0.39, 0.29) is 0 Å². The summed E-state index contributed by atoms with van der Waals surface area (Å²) < 4.78 is 4.63. The van der Waals surface area contributed by atoms with E-state index in [1.807, 2.05) is 6.07 Å². The molecule has 0 radical (unpaired) electrons. The van der Waals surface area contributed by atoms with Crippen LogP contribution in [0.15, 0.2) is 175 Å². The Hall–Kier alpha value is -6.69. The lowest BCUT2D eigenvalue weighted by atomic mass is 9.99. The lowest BCUT2D eigenvalue weighted by molar-refractivity contribution is 1.01. The van der Waals surface area contributed by atoms with Crippen molar-refractivity contribution in [2.75, 3.05) is 0 Å². The van der Waals surface area contributed by atoms with Gasteiger partial charge in [0.15, 0.2) is 0 Å². The Morgan fingerprint density at radius 2 is 1.15 bits per heavy atom. The molecular formula is C50H34N4S. The van der Waals surface area contributed by atoms with Crippen molar-refractivity contribution in [3.05, 3.63) is 175 Å². The van der Waals surface area contributed by atoms with Gasteiger partial charge >= 0.3 is 0 Å². The maximum Gasteiger partial charge on any atom is 0.235 e. The second-order valence-corrected chi connectivity index (χ2v) is 14.7. The Morgan fingerprint density at radius 1 is 0.473 bits per heavy atom. The van der Waals surface area contributed by atoms with Gasteiger partial charge in [0.2, 0.25) is 5.95 Å². The number of nitrogens with zero attached hydrogens (tertiary/aromatic N) is 4. The molecule has 0 N–H and O–H groups in total. The van der Waals surface area contributed by atoms with Gasteiger partial charge in [-0.15, -0.1) is 12.6 Å². The molecular weight excluding hydrogens is 689 g/mol. The minimum Gasteiger partial charge on any atom is -0.309 e. The summed E-state index contributed by atoms with van der Waals surface area (Å²) in [6.45, 7) is 2.16. The quantitative estimate of drug-likeness (QED) is 0.180. The Labute approximate surface area is 323 Å². The zero-order valence-electron chi connectivity index (χ0n) is 30.1. The van der Waals surface area contributed by atoms with E-state index in [0.717, 1.165) is 66.7 Å². The SMILES string of the molecule is CCc1ccc2nc(-n3c4ccc(-c5ccc6c7ccccc7n(-c7ccccc7)c6c5)cc4c4c5ccccc5ccc43)nc(-c3ccccc3)c2c1S. The number of hydrogen-bond donors (Lipinski definition) is 1. The Balaban J connectivity index is 1.19. The van der Waals surface area contributed by atoms with Gasteiger partial charge in [0, 0.05) is 43.1 Å². The third kappa shape index (κ3) is 4.86. The highest BCUT2D eigenvalue weighted by Gasteiger charge is 2.21. The van der Waals surface area contributed by atoms with Crippen molar-refractivity contribution >= 4 is 77.9 Å². The molecule has 0 aliphatic rings. The average Bonchev–Trinajstić information content (AvgIpc) is 3.76. The van der Waals surface area contributed by atoms with Crippen LogP contribution in [0.1, 0.15) is 12.5 Å². The van der Waals surface area contributed by atoms with Gasteiger partial charge in [-0.25, -0.2) is 9.97 Å². The van der Waals surface area contributed by atoms with Crippen LogP contribution >= 0.6 is 12.6 Å². The minimum absolute atomic E-state index is 0.639. The van der Waals surface area contributed by atoms with E-state index in [0.29, 0.717) is 5.95 Å². The highest BCUT2D eigenvalue weighted by atomic mass is 32.1. The van der Waals surface area contributed by atoms with Crippen molar-refractivity contribution < 1.29 is 0 Å². The van der Waals surface area contributed by atoms with Crippen molar-refractivity contribution in [1.82, 2.24) is 19.1 Å². The molecule has 0 atom stereocenters. The van der Waals surface area contributed by atoms with Gasteiger partial charge in [0.1, 0.15) is 0 Å². The molecule has 3 heterocycles. The number of rotatable bonds is 5. The summed E-state index contributed by atoms with van der Waals surface area (Å²) in [7, 11) is 0. The highest BCUT2D eigenvalue weighted by Crippen LogP contribution is 2.41. The molecule has 0 aliphatic carbocycles. The maximum absolute atomic E-state index is 5.40. The smallest absolute Gasteiger partial charge is 0.235 e. The lowest BCUT2D eigenvalue weighted by Crippen LogP contribution is -2.04. The molecule has 3 aromatic heterocycles. The summed E-state index contributed by atoms with van der Waals surface area (Å²) in [4.78, 5) is 11.6. The van der Waals surface area contributed by atoms with E-state index in [4.69, 9.17) is 22.6 Å². The molecule has 0 bridgehead atoms. The number of hydrogen-bond acceptors (Lipinski definition) is 3. The van der Waals surface area contributed by atoms with Crippen LogP contribution in [-0.4, -0.2) is 19.1 Å². The maximum atomic E-state index is 5.40. The van der Waals surface area contributed by atoms with Crippen LogP contribution in [0.5, 0.6) is 0 Å². The summed E-state index contributed by atoms with van der Waals surface area (Å²) in [5, 5.41) is 8.22. The van der Waals surface area contributed by atoms with Crippen LogP contribution in [0, 0.1) is 0 Å². The predicted octanol–water partition coefficient (Wildman–Crippen LogP) is 13.2. The van der Waals surface area contributed by atoms with Gasteiger partial charge in [-0.05, 0) is 82.4 Å². The first-order valence-corrected chi connectivity index (χ1v) is 19.2. The molecule has 0 aliphatic heterocycles. The third-order valence-electron chi connectivity index (χ3n) is 11.2. The number of fused-ring (bicyclic) bond motifs is 9. The van der Waals surface area contributed by atoms with Crippen LogP contribution in [0.2, 0.25) is 0 Å². The normalized spacial score (nSPS) is 11.9. The number of benzene rings is 8. The fourth-order valence-corrected chi connectivity index (χ4v) is 9.07. The van der Waals surface area contributed by atoms with Crippen molar-refractivity contribution in [2.24, 2.45) is 0 Å². The fraction of sp³-hybridized carbons (Fsp3) is 0.0400. The van der Waals surface area contributed by atoms with Gasteiger partial charge in [-0.1, -0.05) is 128 Å². The molecule has 0 unspecified atom stereocenters. The van der Waals surface area contributed by atoms with Crippen molar-refractivity contribution in [2.45, 2.75) is 18.2 Å². The first kappa shape index (κ1) is 31.8. The predicted molar refractivity (Wildman–Crippen MR) is 233 cm³/mol. The van der Waals surface area contributed by atoms with E-state index < -0.39 is 0 Å². The van der Waals surface area contributed by atoms with E-state index in [2.05, 4.69) is 180 Å². The van der Waals surface area contributed by atoms with E-state index in [1.165, 1.54) is 43.5 Å². The van der Waals surface area contributed by atoms with Crippen LogP contribution in [0.25, 0.3) is 99.3 Å². The number of para-hydroxylation sites is 2. The molecule has 260 valence electrons. The van der Waals surface area contributed by atoms with Crippen molar-refractivity contribution in [1.29, 1.82) is 0 Å². The monoisotopic (exact) mass is 722 g/mol. The second-order valence-electron chi connectivity index (χ2n) is 14.2. The largest absolute Gasteiger partial charge is 0.309 e. The average molecular weight is 723 g/mol. The molecule has 0 saturated carbocycles. The molecule has 0 spiro atoms. The first-order valence-electron chi connectivity index (χ1n) is 18.8. The van der Waals surface area contributed by atoms with Crippen LogP contribution in [-0.2, 0) is 6.42 Å². The molecule has 8 aromatic carbocycles. The second kappa shape index (κ2) is 12.4.